The van der Waals surface area contributed by atoms with Crippen LogP contribution in [-0.4, -0.2) is 14.5 Å². The number of thiophene rings is 1. The Morgan fingerprint density at radius 1 is 0.460 bits per heavy atom. The van der Waals surface area contributed by atoms with E-state index in [4.69, 9.17) is 9.97 Å². The third-order valence-corrected chi connectivity index (χ3v) is 11.4. The quantitative estimate of drug-likeness (QED) is 0.190. The van der Waals surface area contributed by atoms with Crippen LogP contribution in [-0.2, 0) is 0 Å². The van der Waals surface area contributed by atoms with Gasteiger partial charge in [-0.1, -0.05) is 127 Å². The number of nitrogens with zero attached hydrogens (tertiary/aromatic N) is 3. The van der Waals surface area contributed by atoms with Crippen LogP contribution in [0.15, 0.2) is 164 Å². The van der Waals surface area contributed by atoms with Crippen molar-refractivity contribution in [3.8, 4) is 28.3 Å². The summed E-state index contributed by atoms with van der Waals surface area (Å²) in [4.78, 5) is 10.5. The van der Waals surface area contributed by atoms with E-state index in [0.29, 0.717) is 0 Å². The van der Waals surface area contributed by atoms with E-state index in [9.17, 15) is 0 Å². The van der Waals surface area contributed by atoms with Gasteiger partial charge in [0.25, 0.3) is 0 Å². The molecule has 4 heteroatoms. The summed E-state index contributed by atoms with van der Waals surface area (Å²) >= 11 is 1.83. The maximum absolute atomic E-state index is 5.38. The van der Waals surface area contributed by atoms with E-state index in [1.54, 1.807) is 0 Å². The van der Waals surface area contributed by atoms with Crippen LogP contribution < -0.4 is 0 Å². The zero-order chi connectivity index (χ0) is 32.8. The minimum absolute atomic E-state index is 0.718. The molecule has 3 nitrogen and oxygen atoms in total. The van der Waals surface area contributed by atoms with Gasteiger partial charge in [-0.2, -0.15) is 0 Å². The summed E-state index contributed by atoms with van der Waals surface area (Å²) < 4.78 is 4.95. The first-order valence-corrected chi connectivity index (χ1v) is 17.7. The van der Waals surface area contributed by atoms with Gasteiger partial charge in [0, 0.05) is 53.1 Å². The molecule has 8 aromatic carbocycles. The average Bonchev–Trinajstić information content (AvgIpc) is 3.74. The molecule has 0 aliphatic carbocycles. The van der Waals surface area contributed by atoms with Gasteiger partial charge in [0.1, 0.15) is 0 Å². The van der Waals surface area contributed by atoms with Crippen molar-refractivity contribution < 1.29 is 0 Å². The molecule has 3 aromatic heterocycles. The van der Waals surface area contributed by atoms with Crippen molar-refractivity contribution in [1.82, 2.24) is 14.5 Å². The van der Waals surface area contributed by atoms with Crippen molar-refractivity contribution in [3.63, 3.8) is 0 Å². The Morgan fingerprint density at radius 2 is 1.08 bits per heavy atom. The molecule has 0 atom stereocenters. The zero-order valence-corrected chi connectivity index (χ0v) is 27.7. The van der Waals surface area contributed by atoms with Gasteiger partial charge in [-0.3, -0.25) is 0 Å². The number of fused-ring (bicyclic) bond motifs is 11. The highest BCUT2D eigenvalue weighted by Gasteiger charge is 2.19. The van der Waals surface area contributed by atoms with E-state index in [2.05, 4.69) is 168 Å². The van der Waals surface area contributed by atoms with Gasteiger partial charge < -0.3 is 4.57 Å². The Morgan fingerprint density at radius 3 is 1.84 bits per heavy atom. The largest absolute Gasteiger partial charge is 0.309 e. The van der Waals surface area contributed by atoms with Crippen LogP contribution in [0, 0.1) is 0 Å². The monoisotopic (exact) mass is 653 g/mol. The van der Waals surface area contributed by atoms with E-state index in [1.807, 2.05) is 11.3 Å². The third kappa shape index (κ3) is 3.97. The fraction of sp³-hybridized carbons (Fsp3) is 0. The lowest BCUT2D eigenvalue weighted by Gasteiger charge is -2.13. The molecule has 0 radical (unpaired) electrons. The minimum Gasteiger partial charge on any atom is -0.309 e. The average molecular weight is 654 g/mol. The van der Waals surface area contributed by atoms with Gasteiger partial charge in [0.2, 0.25) is 0 Å². The van der Waals surface area contributed by atoms with Crippen molar-refractivity contribution in [2.24, 2.45) is 0 Å². The number of benzene rings is 8. The molecule has 0 spiro atoms. The van der Waals surface area contributed by atoms with Crippen LogP contribution in [0.4, 0.5) is 0 Å². The van der Waals surface area contributed by atoms with E-state index in [-0.39, 0.29) is 0 Å². The SMILES string of the molecule is c1cc(-c2nc(-c3cccc4c3sc3ccccc34)c3ccccc3n2)cc(-n2c3ccc4ccccc4c3c3c4ccccc4ccc32)c1. The lowest BCUT2D eigenvalue weighted by molar-refractivity contribution is 1.17. The fourth-order valence-electron chi connectivity index (χ4n) is 7.95. The van der Waals surface area contributed by atoms with Crippen LogP contribution in [0.5, 0.6) is 0 Å². The highest BCUT2D eigenvalue weighted by molar-refractivity contribution is 7.26. The summed E-state index contributed by atoms with van der Waals surface area (Å²) in [7, 11) is 0. The smallest absolute Gasteiger partial charge is 0.160 e. The molecular formula is C46H27N3S. The maximum Gasteiger partial charge on any atom is 0.160 e. The predicted molar refractivity (Wildman–Crippen MR) is 213 cm³/mol. The summed E-state index contributed by atoms with van der Waals surface area (Å²) in [5.74, 6) is 0.718. The molecule has 0 amide bonds. The first kappa shape index (κ1) is 27.6. The first-order chi connectivity index (χ1) is 24.8. The van der Waals surface area contributed by atoms with Gasteiger partial charge in [-0.15, -0.1) is 11.3 Å². The minimum atomic E-state index is 0.718. The summed E-state index contributed by atoms with van der Waals surface area (Å²) in [5, 5.41) is 11.2. The Labute approximate surface area is 291 Å². The van der Waals surface area contributed by atoms with Crippen molar-refractivity contribution in [3.05, 3.63) is 164 Å². The van der Waals surface area contributed by atoms with Crippen LogP contribution in [0.2, 0.25) is 0 Å². The molecule has 0 bridgehead atoms. The Kier molecular flexibility index (Phi) is 5.83. The molecular weight excluding hydrogens is 627 g/mol. The molecule has 0 N–H and O–H groups in total. The van der Waals surface area contributed by atoms with Crippen molar-refractivity contribution in [2.75, 3.05) is 0 Å². The number of hydrogen-bond donors (Lipinski definition) is 0. The molecule has 0 aliphatic heterocycles. The maximum atomic E-state index is 5.38. The van der Waals surface area contributed by atoms with Gasteiger partial charge in [0.15, 0.2) is 5.82 Å². The predicted octanol–water partition coefficient (Wildman–Crippen LogP) is 12.7. The van der Waals surface area contributed by atoms with Gasteiger partial charge in [0.05, 0.1) is 22.2 Å². The molecule has 0 unspecified atom stereocenters. The highest BCUT2D eigenvalue weighted by atomic mass is 32.1. The summed E-state index contributed by atoms with van der Waals surface area (Å²) in [6.07, 6.45) is 0. The molecule has 0 saturated heterocycles. The normalized spacial score (nSPS) is 12.0. The molecule has 0 fully saturated rings. The standard InChI is InChI=1S/C46H27N3S/c1-3-15-32-28(11-1)23-25-39-42(32)43-33-16-4-2-12-29(33)24-26-40(43)49(39)31-14-9-13-30(27-31)46-47-38-21-7-5-18-36(38)44(48-46)37-20-10-19-35-34-17-6-8-22-41(34)50-45(35)37/h1-27H. The fourth-order valence-corrected chi connectivity index (χ4v) is 9.17. The topological polar surface area (TPSA) is 30.7 Å². The number of aromatic nitrogens is 3. The van der Waals surface area contributed by atoms with Crippen LogP contribution in [0.25, 0.3) is 103 Å². The molecule has 0 saturated carbocycles. The zero-order valence-electron chi connectivity index (χ0n) is 26.8. The molecule has 11 aromatic rings. The van der Waals surface area contributed by atoms with Gasteiger partial charge in [-0.25, -0.2) is 9.97 Å². The molecule has 11 rings (SSSR count). The molecule has 50 heavy (non-hydrogen) atoms. The molecule has 232 valence electrons. The van der Waals surface area contributed by atoms with E-state index in [0.717, 1.165) is 39.2 Å². The van der Waals surface area contributed by atoms with E-state index >= 15 is 0 Å². The summed E-state index contributed by atoms with van der Waals surface area (Å²) in [6.45, 7) is 0. The second-order valence-electron chi connectivity index (χ2n) is 12.9. The lowest BCUT2D eigenvalue weighted by atomic mass is 10.00. The van der Waals surface area contributed by atoms with Gasteiger partial charge >= 0.3 is 0 Å². The first-order valence-electron chi connectivity index (χ1n) is 16.9. The van der Waals surface area contributed by atoms with Gasteiger partial charge in [-0.05, 0) is 57.9 Å². The van der Waals surface area contributed by atoms with Crippen molar-refractivity contribution in [1.29, 1.82) is 0 Å². The lowest BCUT2D eigenvalue weighted by Crippen LogP contribution is -1.98. The van der Waals surface area contributed by atoms with Crippen molar-refractivity contribution >= 4 is 85.8 Å². The van der Waals surface area contributed by atoms with Crippen LogP contribution in [0.3, 0.4) is 0 Å². The third-order valence-electron chi connectivity index (χ3n) is 10.2. The second-order valence-corrected chi connectivity index (χ2v) is 14.0. The number of rotatable bonds is 3. The molecule has 3 heterocycles. The number of hydrogen-bond acceptors (Lipinski definition) is 3. The number of para-hydroxylation sites is 1. The van der Waals surface area contributed by atoms with E-state index in [1.165, 1.54) is 63.5 Å². The van der Waals surface area contributed by atoms with Crippen molar-refractivity contribution in [2.45, 2.75) is 0 Å². The Bertz CT molecular complexity index is 3070. The summed E-state index contributed by atoms with van der Waals surface area (Å²) in [5.41, 5.74) is 7.47. The Balaban J connectivity index is 1.17. The Hall–Kier alpha value is -6.36. The van der Waals surface area contributed by atoms with Crippen LogP contribution in [0.1, 0.15) is 0 Å². The van der Waals surface area contributed by atoms with Crippen LogP contribution >= 0.6 is 11.3 Å². The molecule has 0 aliphatic rings. The second kappa shape index (κ2) is 10.6. The highest BCUT2D eigenvalue weighted by Crippen LogP contribution is 2.43. The summed E-state index contributed by atoms with van der Waals surface area (Å²) in [6, 6.07) is 58.8. The van der Waals surface area contributed by atoms with E-state index < -0.39 is 0 Å².